The normalized spacial score (nSPS) is 9.73. The summed E-state index contributed by atoms with van der Waals surface area (Å²) in [7, 11) is 3.56. The molecule has 0 aliphatic rings. The van der Waals surface area contributed by atoms with Crippen LogP contribution >= 0.6 is 0 Å². The predicted octanol–water partition coefficient (Wildman–Crippen LogP) is 0.841. The lowest BCUT2D eigenvalue weighted by Gasteiger charge is -2.20. The maximum absolute atomic E-state index is 11.1. The SMILES string of the molecule is CNC(=O)CCN(C)c1ccccc1N. The van der Waals surface area contributed by atoms with Crippen LogP contribution in [-0.4, -0.2) is 26.5 Å². The Morgan fingerprint density at radius 2 is 2.13 bits per heavy atom. The molecule has 1 aromatic carbocycles. The van der Waals surface area contributed by atoms with Gasteiger partial charge in [0.05, 0.1) is 11.4 Å². The molecule has 0 aliphatic heterocycles. The summed E-state index contributed by atoms with van der Waals surface area (Å²) in [6.45, 7) is 0.661. The molecular formula is C11H17N3O. The van der Waals surface area contributed by atoms with E-state index in [9.17, 15) is 4.79 Å². The summed E-state index contributed by atoms with van der Waals surface area (Å²) in [5.74, 6) is 0.0383. The third kappa shape index (κ3) is 3.16. The third-order valence-corrected chi connectivity index (χ3v) is 2.30. The fourth-order valence-corrected chi connectivity index (χ4v) is 1.35. The van der Waals surface area contributed by atoms with Gasteiger partial charge in [-0.1, -0.05) is 12.1 Å². The van der Waals surface area contributed by atoms with Crippen LogP contribution < -0.4 is 16.0 Å². The van der Waals surface area contributed by atoms with Gasteiger partial charge in [0.15, 0.2) is 0 Å². The number of carbonyl (C=O) groups is 1. The third-order valence-electron chi connectivity index (χ3n) is 2.30. The predicted molar refractivity (Wildman–Crippen MR) is 62.8 cm³/mol. The molecule has 0 bridgehead atoms. The van der Waals surface area contributed by atoms with Gasteiger partial charge in [0, 0.05) is 27.1 Å². The van der Waals surface area contributed by atoms with E-state index in [1.807, 2.05) is 36.2 Å². The van der Waals surface area contributed by atoms with Crippen LogP contribution in [0, 0.1) is 0 Å². The van der Waals surface area contributed by atoms with Gasteiger partial charge in [-0.15, -0.1) is 0 Å². The summed E-state index contributed by atoms with van der Waals surface area (Å²) in [5, 5.41) is 2.59. The first kappa shape index (κ1) is 11.4. The first-order valence-corrected chi connectivity index (χ1v) is 4.91. The van der Waals surface area contributed by atoms with Crippen LogP contribution in [0.5, 0.6) is 0 Å². The molecule has 1 rings (SSSR count). The molecule has 4 heteroatoms. The second kappa shape index (κ2) is 5.24. The molecule has 0 aliphatic carbocycles. The van der Waals surface area contributed by atoms with Crippen molar-refractivity contribution in [3.05, 3.63) is 24.3 Å². The second-order valence-electron chi connectivity index (χ2n) is 3.40. The lowest BCUT2D eigenvalue weighted by molar-refractivity contribution is -0.120. The minimum atomic E-state index is 0.0383. The fraction of sp³-hybridized carbons (Fsp3) is 0.364. The molecule has 4 nitrogen and oxygen atoms in total. The second-order valence-corrected chi connectivity index (χ2v) is 3.40. The van der Waals surface area contributed by atoms with Crippen LogP contribution in [0.3, 0.4) is 0 Å². The van der Waals surface area contributed by atoms with E-state index < -0.39 is 0 Å². The molecule has 0 heterocycles. The molecule has 1 aromatic rings. The standard InChI is InChI=1S/C11H17N3O/c1-13-11(15)7-8-14(2)10-6-4-3-5-9(10)12/h3-6H,7-8,12H2,1-2H3,(H,13,15). The number of anilines is 2. The number of carbonyl (C=O) groups excluding carboxylic acids is 1. The molecule has 0 aromatic heterocycles. The van der Waals surface area contributed by atoms with E-state index in [1.54, 1.807) is 7.05 Å². The Bertz CT molecular complexity index is 338. The van der Waals surface area contributed by atoms with Crippen molar-refractivity contribution < 1.29 is 4.79 Å². The Morgan fingerprint density at radius 1 is 1.47 bits per heavy atom. The van der Waals surface area contributed by atoms with Gasteiger partial charge < -0.3 is 16.0 Å². The number of hydrogen-bond acceptors (Lipinski definition) is 3. The minimum absolute atomic E-state index is 0.0383. The quantitative estimate of drug-likeness (QED) is 0.719. The largest absolute Gasteiger partial charge is 0.397 e. The average Bonchev–Trinajstić information content (AvgIpc) is 2.26. The van der Waals surface area contributed by atoms with Crippen molar-refractivity contribution in [3.8, 4) is 0 Å². The van der Waals surface area contributed by atoms with Gasteiger partial charge in [0.25, 0.3) is 0 Å². The lowest BCUT2D eigenvalue weighted by Crippen LogP contribution is -2.26. The summed E-state index contributed by atoms with van der Waals surface area (Å²) in [5.41, 5.74) is 7.51. The van der Waals surface area contributed by atoms with Crippen LogP contribution in [0.2, 0.25) is 0 Å². The number of nitrogens with one attached hydrogen (secondary N) is 1. The van der Waals surface area contributed by atoms with E-state index in [0.717, 1.165) is 11.4 Å². The fourth-order valence-electron chi connectivity index (χ4n) is 1.35. The van der Waals surface area contributed by atoms with Gasteiger partial charge in [0.2, 0.25) is 5.91 Å². The van der Waals surface area contributed by atoms with Gasteiger partial charge in [0.1, 0.15) is 0 Å². The monoisotopic (exact) mass is 207 g/mol. The number of para-hydroxylation sites is 2. The smallest absolute Gasteiger partial charge is 0.221 e. The number of nitrogen functional groups attached to an aromatic ring is 1. The Kier molecular flexibility index (Phi) is 3.97. The van der Waals surface area contributed by atoms with Gasteiger partial charge in [-0.2, -0.15) is 0 Å². The zero-order valence-corrected chi connectivity index (χ0v) is 9.16. The van der Waals surface area contributed by atoms with E-state index >= 15 is 0 Å². The van der Waals surface area contributed by atoms with Crippen LogP contribution in [0.25, 0.3) is 0 Å². The molecule has 0 spiro atoms. The lowest BCUT2D eigenvalue weighted by atomic mass is 10.2. The molecule has 0 radical (unpaired) electrons. The highest BCUT2D eigenvalue weighted by atomic mass is 16.1. The van der Waals surface area contributed by atoms with Gasteiger partial charge in [-0.25, -0.2) is 0 Å². The van der Waals surface area contributed by atoms with Crippen molar-refractivity contribution in [2.75, 3.05) is 31.3 Å². The van der Waals surface area contributed by atoms with Crippen molar-refractivity contribution in [2.45, 2.75) is 6.42 Å². The highest BCUT2D eigenvalue weighted by Crippen LogP contribution is 2.20. The van der Waals surface area contributed by atoms with Crippen molar-refractivity contribution in [1.82, 2.24) is 5.32 Å². The number of amides is 1. The van der Waals surface area contributed by atoms with Crippen LogP contribution in [0.4, 0.5) is 11.4 Å². The molecule has 0 atom stereocenters. The topological polar surface area (TPSA) is 58.4 Å². The van der Waals surface area contributed by atoms with Crippen LogP contribution in [-0.2, 0) is 4.79 Å². The van der Waals surface area contributed by atoms with E-state index in [-0.39, 0.29) is 5.91 Å². The molecule has 0 saturated carbocycles. The molecule has 0 fully saturated rings. The van der Waals surface area contributed by atoms with Gasteiger partial charge in [-0.3, -0.25) is 4.79 Å². The summed E-state index contributed by atoms with van der Waals surface area (Å²) < 4.78 is 0. The first-order chi connectivity index (χ1) is 7.15. The number of hydrogen-bond donors (Lipinski definition) is 2. The number of nitrogens with zero attached hydrogens (tertiary/aromatic N) is 1. The highest BCUT2D eigenvalue weighted by Gasteiger charge is 2.05. The van der Waals surface area contributed by atoms with Gasteiger partial charge in [-0.05, 0) is 12.1 Å². The van der Waals surface area contributed by atoms with Crippen molar-refractivity contribution in [3.63, 3.8) is 0 Å². The summed E-state index contributed by atoms with van der Waals surface area (Å²) >= 11 is 0. The number of benzene rings is 1. The van der Waals surface area contributed by atoms with E-state index in [4.69, 9.17) is 5.73 Å². The minimum Gasteiger partial charge on any atom is -0.397 e. The zero-order valence-electron chi connectivity index (χ0n) is 9.16. The summed E-state index contributed by atoms with van der Waals surface area (Å²) in [6.07, 6.45) is 0.474. The maximum atomic E-state index is 11.1. The summed E-state index contributed by atoms with van der Waals surface area (Å²) in [6, 6.07) is 7.62. The molecule has 1 amide bonds. The van der Waals surface area contributed by atoms with Crippen molar-refractivity contribution in [1.29, 1.82) is 0 Å². The van der Waals surface area contributed by atoms with Crippen LogP contribution in [0.1, 0.15) is 6.42 Å². The average molecular weight is 207 g/mol. The van der Waals surface area contributed by atoms with E-state index in [2.05, 4.69) is 5.32 Å². The van der Waals surface area contributed by atoms with Crippen molar-refractivity contribution in [2.24, 2.45) is 0 Å². The zero-order chi connectivity index (χ0) is 11.3. The number of nitrogens with two attached hydrogens (primary N) is 1. The Labute approximate surface area is 90.1 Å². The molecule has 82 valence electrons. The van der Waals surface area contributed by atoms with E-state index in [1.165, 1.54) is 0 Å². The van der Waals surface area contributed by atoms with Crippen LogP contribution in [0.15, 0.2) is 24.3 Å². The van der Waals surface area contributed by atoms with Crippen molar-refractivity contribution >= 4 is 17.3 Å². The Morgan fingerprint density at radius 3 is 2.73 bits per heavy atom. The molecule has 3 N–H and O–H groups in total. The Hall–Kier alpha value is -1.71. The summed E-state index contributed by atoms with van der Waals surface area (Å²) in [4.78, 5) is 13.0. The molecule has 15 heavy (non-hydrogen) atoms. The van der Waals surface area contributed by atoms with Gasteiger partial charge >= 0.3 is 0 Å². The Balaban J connectivity index is 2.57. The number of rotatable bonds is 4. The molecular weight excluding hydrogens is 190 g/mol. The molecule has 0 unspecified atom stereocenters. The maximum Gasteiger partial charge on any atom is 0.221 e. The van der Waals surface area contributed by atoms with E-state index in [0.29, 0.717) is 13.0 Å². The highest BCUT2D eigenvalue weighted by molar-refractivity contribution is 5.76. The molecule has 0 saturated heterocycles. The first-order valence-electron chi connectivity index (χ1n) is 4.91.